The molecule has 1 saturated carbocycles. The van der Waals surface area contributed by atoms with Crippen LogP contribution in [0.15, 0.2) is 22.8 Å². The number of amides is 1. The predicted molar refractivity (Wildman–Crippen MR) is 83.4 cm³/mol. The molecule has 2 heterocycles. The minimum Gasteiger partial charge on any atom is -0.462 e. The molecule has 21 heavy (non-hydrogen) atoms. The Kier molecular flexibility index (Phi) is 4.10. The van der Waals surface area contributed by atoms with Gasteiger partial charge in [-0.25, -0.2) is 4.98 Å². The standard InChI is InChI=1S/C16H20N2O2S/c1-10-6-3-4-7-12(10)17-15(19)14-11(2)21-16(18-14)13-8-5-9-20-13/h5,8-10,12H,3-4,6-7H2,1-2H3,(H,17,19)/t10-,12+/m1/s1. The minimum absolute atomic E-state index is 0.0553. The van der Waals surface area contributed by atoms with Crippen LogP contribution in [0.5, 0.6) is 0 Å². The first kappa shape index (κ1) is 14.3. The van der Waals surface area contributed by atoms with Gasteiger partial charge in [0.05, 0.1) is 6.26 Å². The van der Waals surface area contributed by atoms with Gasteiger partial charge in [-0.1, -0.05) is 19.8 Å². The Labute approximate surface area is 128 Å². The highest BCUT2D eigenvalue weighted by atomic mass is 32.1. The molecule has 0 aromatic carbocycles. The van der Waals surface area contributed by atoms with Gasteiger partial charge >= 0.3 is 0 Å². The van der Waals surface area contributed by atoms with Crippen molar-refractivity contribution < 1.29 is 9.21 Å². The maximum absolute atomic E-state index is 12.5. The van der Waals surface area contributed by atoms with E-state index in [-0.39, 0.29) is 11.9 Å². The number of carbonyl (C=O) groups is 1. The molecule has 1 aliphatic carbocycles. The fourth-order valence-electron chi connectivity index (χ4n) is 2.88. The lowest BCUT2D eigenvalue weighted by Crippen LogP contribution is -2.41. The maximum atomic E-state index is 12.5. The van der Waals surface area contributed by atoms with Crippen molar-refractivity contribution in [2.45, 2.75) is 45.6 Å². The molecule has 2 atom stereocenters. The SMILES string of the molecule is Cc1sc(-c2ccco2)nc1C(=O)N[C@H]1CCCC[C@H]1C. The van der Waals surface area contributed by atoms with Crippen LogP contribution in [0.25, 0.3) is 10.8 Å². The van der Waals surface area contributed by atoms with Crippen LogP contribution in [-0.2, 0) is 0 Å². The van der Waals surface area contributed by atoms with Gasteiger partial charge in [-0.2, -0.15) is 0 Å². The van der Waals surface area contributed by atoms with E-state index in [1.165, 1.54) is 30.6 Å². The Balaban J connectivity index is 1.75. The molecule has 1 fully saturated rings. The monoisotopic (exact) mass is 304 g/mol. The second kappa shape index (κ2) is 6.02. The van der Waals surface area contributed by atoms with Gasteiger partial charge in [-0.05, 0) is 37.8 Å². The van der Waals surface area contributed by atoms with Gasteiger partial charge in [0.15, 0.2) is 10.8 Å². The smallest absolute Gasteiger partial charge is 0.271 e. The van der Waals surface area contributed by atoms with Crippen molar-refractivity contribution in [2.24, 2.45) is 5.92 Å². The number of hydrogen-bond donors (Lipinski definition) is 1. The number of aromatic nitrogens is 1. The minimum atomic E-state index is -0.0553. The van der Waals surface area contributed by atoms with Crippen LogP contribution in [0.4, 0.5) is 0 Å². The third kappa shape index (κ3) is 3.02. The highest BCUT2D eigenvalue weighted by Gasteiger charge is 2.25. The predicted octanol–water partition coefficient (Wildman–Crippen LogP) is 4.02. The van der Waals surface area contributed by atoms with Crippen molar-refractivity contribution in [3.63, 3.8) is 0 Å². The number of furan rings is 1. The molecule has 1 N–H and O–H groups in total. The van der Waals surface area contributed by atoms with Crippen LogP contribution in [0.1, 0.15) is 48.0 Å². The van der Waals surface area contributed by atoms with Gasteiger partial charge in [0.25, 0.3) is 5.91 Å². The molecule has 0 unspecified atom stereocenters. The third-order valence-corrected chi connectivity index (χ3v) is 5.16. The molecule has 1 aliphatic rings. The highest BCUT2D eigenvalue weighted by Crippen LogP contribution is 2.29. The summed E-state index contributed by atoms with van der Waals surface area (Å²) in [7, 11) is 0. The van der Waals surface area contributed by atoms with E-state index in [0.29, 0.717) is 17.4 Å². The van der Waals surface area contributed by atoms with E-state index >= 15 is 0 Å². The molecule has 3 rings (SSSR count). The molecule has 2 aromatic rings. The largest absolute Gasteiger partial charge is 0.462 e. The second-order valence-corrected chi connectivity index (χ2v) is 6.95. The molecule has 0 bridgehead atoms. The lowest BCUT2D eigenvalue weighted by atomic mass is 9.86. The van der Waals surface area contributed by atoms with E-state index in [4.69, 9.17) is 4.42 Å². The third-order valence-electron chi connectivity index (χ3n) is 4.17. The molecule has 0 saturated heterocycles. The van der Waals surface area contributed by atoms with E-state index in [1.807, 2.05) is 19.1 Å². The molecule has 0 radical (unpaired) electrons. The summed E-state index contributed by atoms with van der Waals surface area (Å²) in [6.45, 7) is 4.15. The Bertz CT molecular complexity index is 618. The van der Waals surface area contributed by atoms with Crippen molar-refractivity contribution in [3.8, 4) is 10.8 Å². The summed E-state index contributed by atoms with van der Waals surface area (Å²) >= 11 is 1.50. The van der Waals surface area contributed by atoms with Crippen molar-refractivity contribution in [1.29, 1.82) is 0 Å². The summed E-state index contributed by atoms with van der Waals surface area (Å²) in [6.07, 6.45) is 6.35. The number of rotatable bonds is 3. The zero-order chi connectivity index (χ0) is 14.8. The molecule has 2 aromatic heterocycles. The molecule has 5 heteroatoms. The zero-order valence-electron chi connectivity index (χ0n) is 12.4. The molecule has 0 spiro atoms. The Morgan fingerprint density at radius 2 is 2.24 bits per heavy atom. The van der Waals surface area contributed by atoms with Gasteiger partial charge in [-0.15, -0.1) is 11.3 Å². The summed E-state index contributed by atoms with van der Waals surface area (Å²) < 4.78 is 5.35. The summed E-state index contributed by atoms with van der Waals surface area (Å²) in [5.41, 5.74) is 0.532. The number of nitrogens with one attached hydrogen (secondary N) is 1. The van der Waals surface area contributed by atoms with Crippen LogP contribution in [0.3, 0.4) is 0 Å². The van der Waals surface area contributed by atoms with Crippen LogP contribution >= 0.6 is 11.3 Å². The first-order valence-corrected chi connectivity index (χ1v) is 8.29. The van der Waals surface area contributed by atoms with Gasteiger partial charge < -0.3 is 9.73 Å². The Morgan fingerprint density at radius 3 is 2.95 bits per heavy atom. The molecule has 4 nitrogen and oxygen atoms in total. The number of thiazole rings is 1. The van der Waals surface area contributed by atoms with Gasteiger partial charge in [0.1, 0.15) is 5.69 Å². The Morgan fingerprint density at radius 1 is 1.43 bits per heavy atom. The maximum Gasteiger partial charge on any atom is 0.271 e. The number of carbonyl (C=O) groups excluding carboxylic acids is 1. The molecule has 112 valence electrons. The van der Waals surface area contributed by atoms with E-state index in [1.54, 1.807) is 6.26 Å². The average Bonchev–Trinajstić information content (AvgIpc) is 3.10. The number of aryl methyl sites for hydroxylation is 1. The van der Waals surface area contributed by atoms with Crippen LogP contribution in [0.2, 0.25) is 0 Å². The first-order valence-electron chi connectivity index (χ1n) is 7.47. The van der Waals surface area contributed by atoms with E-state index in [9.17, 15) is 4.79 Å². The van der Waals surface area contributed by atoms with Gasteiger partial charge in [0, 0.05) is 10.9 Å². The summed E-state index contributed by atoms with van der Waals surface area (Å²) in [5, 5.41) is 3.92. The van der Waals surface area contributed by atoms with Crippen molar-refractivity contribution in [3.05, 3.63) is 29.0 Å². The van der Waals surface area contributed by atoms with E-state index in [2.05, 4.69) is 17.2 Å². The summed E-state index contributed by atoms with van der Waals surface area (Å²) in [6, 6.07) is 3.97. The normalized spacial score (nSPS) is 22.2. The first-order chi connectivity index (χ1) is 10.1. The zero-order valence-corrected chi connectivity index (χ0v) is 13.2. The van der Waals surface area contributed by atoms with Gasteiger partial charge in [-0.3, -0.25) is 4.79 Å². The second-order valence-electron chi connectivity index (χ2n) is 5.74. The van der Waals surface area contributed by atoms with Crippen LogP contribution < -0.4 is 5.32 Å². The van der Waals surface area contributed by atoms with Crippen LogP contribution in [-0.4, -0.2) is 16.9 Å². The van der Waals surface area contributed by atoms with Gasteiger partial charge in [0.2, 0.25) is 0 Å². The van der Waals surface area contributed by atoms with E-state index < -0.39 is 0 Å². The number of hydrogen-bond acceptors (Lipinski definition) is 4. The highest BCUT2D eigenvalue weighted by molar-refractivity contribution is 7.15. The van der Waals surface area contributed by atoms with Crippen molar-refractivity contribution >= 4 is 17.2 Å². The summed E-state index contributed by atoms with van der Waals surface area (Å²) in [4.78, 5) is 17.9. The molecule has 0 aliphatic heterocycles. The van der Waals surface area contributed by atoms with Crippen molar-refractivity contribution in [2.75, 3.05) is 0 Å². The lowest BCUT2D eigenvalue weighted by molar-refractivity contribution is 0.0905. The fraction of sp³-hybridized carbons (Fsp3) is 0.500. The Hall–Kier alpha value is -1.62. The number of nitrogens with zero attached hydrogens (tertiary/aromatic N) is 1. The summed E-state index contributed by atoms with van der Waals surface area (Å²) in [5.74, 6) is 1.21. The molecule has 1 amide bonds. The molecular weight excluding hydrogens is 284 g/mol. The van der Waals surface area contributed by atoms with Crippen molar-refractivity contribution in [1.82, 2.24) is 10.3 Å². The molecular formula is C16H20N2O2S. The topological polar surface area (TPSA) is 55.1 Å². The quantitative estimate of drug-likeness (QED) is 0.931. The van der Waals surface area contributed by atoms with E-state index in [0.717, 1.165) is 16.3 Å². The average molecular weight is 304 g/mol. The fourth-order valence-corrected chi connectivity index (χ4v) is 3.76. The lowest BCUT2D eigenvalue weighted by Gasteiger charge is -2.29. The van der Waals surface area contributed by atoms with Crippen LogP contribution in [0, 0.1) is 12.8 Å².